The highest BCUT2D eigenvalue weighted by Crippen LogP contribution is 2.50. The van der Waals surface area contributed by atoms with Crippen LogP contribution >= 0.6 is 0 Å². The van der Waals surface area contributed by atoms with Crippen LogP contribution < -0.4 is 43.2 Å². The summed E-state index contributed by atoms with van der Waals surface area (Å²) in [6, 6.07) is 11.2. The lowest BCUT2D eigenvalue weighted by atomic mass is 9.71. The molecule has 0 aromatic heterocycles. The molecule has 0 spiro atoms. The first-order valence-corrected chi connectivity index (χ1v) is 15.0. The van der Waals surface area contributed by atoms with Crippen molar-refractivity contribution < 1.29 is 47.4 Å². The highest BCUT2D eigenvalue weighted by atomic mass is 16.7. The molecular formula is C35H41NO10. The van der Waals surface area contributed by atoms with Crippen LogP contribution in [0, 0.1) is 5.92 Å². The Balaban J connectivity index is 1.62. The highest BCUT2D eigenvalue weighted by Gasteiger charge is 2.41. The fourth-order valence-corrected chi connectivity index (χ4v) is 6.02. The highest BCUT2D eigenvalue weighted by molar-refractivity contribution is 5.84. The van der Waals surface area contributed by atoms with Crippen LogP contribution in [0.5, 0.6) is 46.0 Å². The second-order valence-electron chi connectivity index (χ2n) is 10.8. The number of benzene rings is 3. The lowest BCUT2D eigenvalue weighted by molar-refractivity contribution is -0.149. The molecule has 11 nitrogen and oxygen atoms in total. The smallest absolute Gasteiger partial charge is 0.314 e. The minimum Gasteiger partial charge on any atom is -0.493 e. The van der Waals surface area contributed by atoms with Crippen molar-refractivity contribution in [1.29, 1.82) is 0 Å². The van der Waals surface area contributed by atoms with E-state index in [1.165, 1.54) is 7.11 Å². The predicted molar refractivity (Wildman–Crippen MR) is 171 cm³/mol. The van der Waals surface area contributed by atoms with E-state index in [1.54, 1.807) is 47.7 Å². The molecule has 2 aliphatic rings. The number of carbonyl (C=O) groups excluding carboxylic acids is 1. The van der Waals surface area contributed by atoms with Gasteiger partial charge in [-0.15, -0.1) is 0 Å². The van der Waals surface area contributed by atoms with E-state index >= 15 is 0 Å². The first-order valence-electron chi connectivity index (χ1n) is 15.0. The van der Waals surface area contributed by atoms with Crippen molar-refractivity contribution in [3.8, 4) is 46.0 Å². The van der Waals surface area contributed by atoms with Gasteiger partial charge >= 0.3 is 5.97 Å². The molecule has 1 aliphatic heterocycles. The second-order valence-corrected chi connectivity index (χ2v) is 10.8. The van der Waals surface area contributed by atoms with Gasteiger partial charge in [-0.25, -0.2) is 0 Å². The Morgan fingerprint density at radius 1 is 0.783 bits per heavy atom. The molecule has 0 saturated carbocycles. The van der Waals surface area contributed by atoms with E-state index < -0.39 is 17.8 Å². The third kappa shape index (κ3) is 6.32. The van der Waals surface area contributed by atoms with Crippen molar-refractivity contribution in [3.63, 3.8) is 0 Å². The Hall–Kier alpha value is -4.77. The van der Waals surface area contributed by atoms with Crippen molar-refractivity contribution in [2.75, 3.05) is 62.5 Å². The summed E-state index contributed by atoms with van der Waals surface area (Å²) in [6.45, 7) is 3.47. The number of nitrogens with one attached hydrogen (secondary N) is 1. The minimum atomic E-state index is -0.706. The van der Waals surface area contributed by atoms with Crippen LogP contribution in [0.4, 0.5) is 0 Å². The molecule has 3 aromatic rings. The van der Waals surface area contributed by atoms with Gasteiger partial charge < -0.3 is 47.9 Å². The van der Waals surface area contributed by atoms with Gasteiger partial charge in [-0.3, -0.25) is 4.79 Å². The molecule has 1 N–H and O–H groups in total. The van der Waals surface area contributed by atoms with E-state index in [4.69, 9.17) is 42.6 Å². The lowest BCUT2D eigenvalue weighted by Crippen LogP contribution is -2.34. The number of hydrogen-bond donors (Lipinski definition) is 1. The summed E-state index contributed by atoms with van der Waals surface area (Å²) < 4.78 is 51.1. The number of hydrogen-bond acceptors (Lipinski definition) is 11. The van der Waals surface area contributed by atoms with Crippen LogP contribution in [0.1, 0.15) is 41.5 Å². The zero-order valence-electron chi connectivity index (χ0n) is 27.3. The van der Waals surface area contributed by atoms with Crippen LogP contribution in [-0.4, -0.2) is 68.5 Å². The van der Waals surface area contributed by atoms with Crippen molar-refractivity contribution in [1.82, 2.24) is 5.32 Å². The van der Waals surface area contributed by atoms with Gasteiger partial charge in [-0.1, -0.05) is 13.0 Å². The van der Waals surface area contributed by atoms with Gasteiger partial charge in [-0.05, 0) is 77.2 Å². The largest absolute Gasteiger partial charge is 0.493 e. The molecular weight excluding hydrogens is 594 g/mol. The predicted octanol–water partition coefficient (Wildman–Crippen LogP) is 5.36. The van der Waals surface area contributed by atoms with Crippen molar-refractivity contribution in [2.45, 2.75) is 25.9 Å². The maximum Gasteiger partial charge on any atom is 0.314 e. The van der Waals surface area contributed by atoms with Crippen LogP contribution in [-0.2, 0) is 16.1 Å². The van der Waals surface area contributed by atoms with Gasteiger partial charge in [0.15, 0.2) is 34.5 Å². The summed E-state index contributed by atoms with van der Waals surface area (Å²) in [7, 11) is 9.31. The SMILES string of the molecule is CCCNCC1=Cc2cc3c(cc2[C@@H](c2cc(OC)c(OC)c(OC)c2)[C@@H]1C(=O)OCc1cc(OC)c(OC)c(OC)c1)OCO3. The molecule has 1 heterocycles. The van der Waals surface area contributed by atoms with Crippen LogP contribution in [0.3, 0.4) is 0 Å². The summed E-state index contributed by atoms with van der Waals surface area (Å²) in [5.74, 6) is 2.47. The summed E-state index contributed by atoms with van der Waals surface area (Å²) >= 11 is 0. The average Bonchev–Trinajstić information content (AvgIpc) is 3.55. The zero-order valence-corrected chi connectivity index (χ0v) is 27.3. The number of ether oxygens (including phenoxy) is 9. The lowest BCUT2D eigenvalue weighted by Gasteiger charge is -2.34. The summed E-state index contributed by atoms with van der Waals surface area (Å²) in [5, 5.41) is 3.48. The number of fused-ring (bicyclic) bond motifs is 2. The van der Waals surface area contributed by atoms with E-state index in [-0.39, 0.29) is 13.4 Å². The molecule has 0 saturated heterocycles. The fourth-order valence-electron chi connectivity index (χ4n) is 6.02. The maximum absolute atomic E-state index is 14.4. The Bertz CT molecular complexity index is 1550. The van der Waals surface area contributed by atoms with Crippen LogP contribution in [0.15, 0.2) is 42.0 Å². The van der Waals surface area contributed by atoms with Gasteiger partial charge in [0.1, 0.15) is 6.61 Å². The summed E-state index contributed by atoms with van der Waals surface area (Å²) in [6.07, 6.45) is 2.98. The normalized spacial score (nSPS) is 16.2. The van der Waals surface area contributed by atoms with E-state index in [1.807, 2.05) is 30.3 Å². The third-order valence-corrected chi connectivity index (χ3v) is 8.15. The molecule has 0 unspecified atom stereocenters. The molecule has 2 atom stereocenters. The number of rotatable bonds is 14. The molecule has 0 fully saturated rings. The van der Waals surface area contributed by atoms with Gasteiger partial charge in [0.25, 0.3) is 0 Å². The molecule has 46 heavy (non-hydrogen) atoms. The maximum atomic E-state index is 14.4. The summed E-state index contributed by atoms with van der Waals surface area (Å²) in [5.41, 5.74) is 4.14. The molecule has 11 heteroatoms. The Morgan fingerprint density at radius 3 is 1.89 bits per heavy atom. The number of methoxy groups -OCH3 is 6. The van der Waals surface area contributed by atoms with Crippen molar-refractivity contribution in [3.05, 3.63) is 64.2 Å². The first-order chi connectivity index (χ1) is 22.4. The van der Waals surface area contributed by atoms with Gasteiger partial charge in [-0.2, -0.15) is 0 Å². The quantitative estimate of drug-likeness (QED) is 0.183. The second kappa shape index (κ2) is 14.6. The molecule has 0 bridgehead atoms. The monoisotopic (exact) mass is 635 g/mol. The minimum absolute atomic E-state index is 0.0162. The van der Waals surface area contributed by atoms with Gasteiger partial charge in [0.05, 0.1) is 48.6 Å². The average molecular weight is 636 g/mol. The van der Waals surface area contributed by atoms with E-state index in [2.05, 4.69) is 12.2 Å². The summed E-state index contributed by atoms with van der Waals surface area (Å²) in [4.78, 5) is 14.4. The molecule has 1 aliphatic carbocycles. The van der Waals surface area contributed by atoms with Crippen LogP contribution in [0.25, 0.3) is 6.08 Å². The molecule has 0 radical (unpaired) electrons. The van der Waals surface area contributed by atoms with E-state index in [9.17, 15) is 4.79 Å². The fraction of sp³-hybridized carbons (Fsp3) is 0.400. The molecule has 246 valence electrons. The number of esters is 1. The first kappa shape index (κ1) is 32.6. The number of carbonyl (C=O) groups is 1. The standard InChI is InChI=1S/C35H41NO10/c1-8-9-36-17-23-12-21-13-25-26(46-19-45-25)16-24(21)31(22-14-29(40-4)34(43-7)30(15-22)41-5)32(23)35(37)44-18-20-10-27(38-2)33(42-6)28(11-20)39-3/h10-16,31-32,36H,8-9,17-19H2,1-7H3/t31-,32-/m1/s1. The Morgan fingerprint density at radius 2 is 1.35 bits per heavy atom. The molecule has 3 aromatic carbocycles. The third-order valence-electron chi connectivity index (χ3n) is 8.15. The van der Waals surface area contributed by atoms with Gasteiger partial charge in [0.2, 0.25) is 18.3 Å². The molecule has 5 rings (SSSR count). The van der Waals surface area contributed by atoms with E-state index in [0.29, 0.717) is 58.1 Å². The van der Waals surface area contributed by atoms with Crippen LogP contribution in [0.2, 0.25) is 0 Å². The van der Waals surface area contributed by atoms with Crippen molar-refractivity contribution >= 4 is 12.0 Å². The van der Waals surface area contributed by atoms with Crippen molar-refractivity contribution in [2.24, 2.45) is 5.92 Å². The topological polar surface area (TPSA) is 112 Å². The zero-order chi connectivity index (χ0) is 32.8. The Labute approximate surface area is 269 Å². The molecule has 0 amide bonds. The van der Waals surface area contributed by atoms with Gasteiger partial charge in [0, 0.05) is 12.5 Å². The Kier molecular flexibility index (Phi) is 10.3. The van der Waals surface area contributed by atoms with E-state index in [0.717, 1.165) is 35.2 Å².